The zero-order valence-electron chi connectivity index (χ0n) is 11.5. The molecule has 0 spiro atoms. The molecule has 2 unspecified atom stereocenters. The summed E-state index contributed by atoms with van der Waals surface area (Å²) in [6.07, 6.45) is 1.63. The molecule has 0 aliphatic carbocycles. The molecule has 2 aromatic carbocycles. The molecule has 3 rings (SSSR count). The molecule has 3 nitrogen and oxygen atoms in total. The molecule has 0 N–H and O–H groups in total. The summed E-state index contributed by atoms with van der Waals surface area (Å²) in [5.74, 6) is 0.694. The molecule has 1 saturated heterocycles. The normalized spacial score (nSPS) is 22.4. The molecule has 20 heavy (non-hydrogen) atoms. The van der Waals surface area contributed by atoms with E-state index in [1.54, 1.807) is 7.11 Å². The summed E-state index contributed by atoms with van der Waals surface area (Å²) >= 11 is 0. The summed E-state index contributed by atoms with van der Waals surface area (Å²) in [6, 6.07) is 14.6. The van der Waals surface area contributed by atoms with Gasteiger partial charge < -0.3 is 9.47 Å². The topological polar surface area (TPSA) is 42.2 Å². The number of methoxy groups -OCH3 is 1. The van der Waals surface area contributed by atoms with Crippen molar-refractivity contribution >= 4 is 10.8 Å². The molecular weight excluding hydrogens is 250 g/mol. The van der Waals surface area contributed by atoms with Crippen molar-refractivity contribution in [1.82, 2.24) is 0 Å². The highest BCUT2D eigenvalue weighted by Gasteiger charge is 2.31. The minimum atomic E-state index is -0.199. The Balaban J connectivity index is 2.20. The van der Waals surface area contributed by atoms with Crippen molar-refractivity contribution in [2.24, 2.45) is 5.92 Å². The van der Waals surface area contributed by atoms with Gasteiger partial charge in [0, 0.05) is 12.2 Å². The van der Waals surface area contributed by atoms with E-state index in [-0.39, 0.29) is 12.0 Å². The van der Waals surface area contributed by atoms with Gasteiger partial charge in [0.1, 0.15) is 11.9 Å². The van der Waals surface area contributed by atoms with Crippen LogP contribution >= 0.6 is 0 Å². The van der Waals surface area contributed by atoms with Gasteiger partial charge in [-0.05, 0) is 29.7 Å². The van der Waals surface area contributed by atoms with Gasteiger partial charge in [0.15, 0.2) is 0 Å². The number of benzene rings is 2. The lowest BCUT2D eigenvalue weighted by molar-refractivity contribution is -0.0104. The van der Waals surface area contributed by atoms with E-state index >= 15 is 0 Å². The van der Waals surface area contributed by atoms with Crippen LogP contribution in [0, 0.1) is 17.2 Å². The third-order valence-electron chi connectivity index (χ3n) is 3.92. The van der Waals surface area contributed by atoms with Crippen LogP contribution < -0.4 is 4.74 Å². The summed E-state index contributed by atoms with van der Waals surface area (Å²) in [7, 11) is 1.66. The lowest BCUT2D eigenvalue weighted by atomic mass is 9.87. The summed E-state index contributed by atoms with van der Waals surface area (Å²) in [6.45, 7) is 0.704. The number of hydrogen-bond donors (Lipinski definition) is 0. The van der Waals surface area contributed by atoms with E-state index < -0.39 is 0 Å². The zero-order valence-corrected chi connectivity index (χ0v) is 11.5. The first kappa shape index (κ1) is 13.0. The number of hydrogen-bond acceptors (Lipinski definition) is 3. The van der Waals surface area contributed by atoms with Gasteiger partial charge in [-0.2, -0.15) is 5.26 Å². The highest BCUT2D eigenvalue weighted by Crippen LogP contribution is 2.41. The molecule has 0 radical (unpaired) electrons. The first-order valence-corrected chi connectivity index (χ1v) is 6.92. The van der Waals surface area contributed by atoms with Gasteiger partial charge in [-0.25, -0.2) is 0 Å². The van der Waals surface area contributed by atoms with Crippen molar-refractivity contribution in [3.8, 4) is 11.8 Å². The quantitative estimate of drug-likeness (QED) is 0.830. The van der Waals surface area contributed by atoms with Gasteiger partial charge in [-0.3, -0.25) is 0 Å². The highest BCUT2D eigenvalue weighted by molar-refractivity contribution is 5.88. The number of nitrogens with zero attached hydrogens (tertiary/aromatic N) is 1. The van der Waals surface area contributed by atoms with Crippen LogP contribution in [0.3, 0.4) is 0 Å². The molecule has 1 aliphatic rings. The van der Waals surface area contributed by atoms with Crippen LogP contribution in [0.2, 0.25) is 0 Å². The van der Waals surface area contributed by atoms with Crippen molar-refractivity contribution in [1.29, 1.82) is 5.26 Å². The lowest BCUT2D eigenvalue weighted by Gasteiger charge is -2.29. The van der Waals surface area contributed by atoms with Crippen molar-refractivity contribution in [2.45, 2.75) is 18.9 Å². The SMILES string of the molecule is COc1ccc2ccccc2c1C1OCCCC1C#N. The minimum Gasteiger partial charge on any atom is -0.496 e. The molecular formula is C17H17NO2. The van der Waals surface area contributed by atoms with E-state index in [2.05, 4.69) is 18.2 Å². The van der Waals surface area contributed by atoms with Gasteiger partial charge in [0.2, 0.25) is 0 Å². The molecule has 102 valence electrons. The number of nitriles is 1. The Morgan fingerprint density at radius 2 is 2.10 bits per heavy atom. The highest BCUT2D eigenvalue weighted by atomic mass is 16.5. The molecule has 2 atom stereocenters. The van der Waals surface area contributed by atoms with Crippen molar-refractivity contribution in [3.05, 3.63) is 42.0 Å². The van der Waals surface area contributed by atoms with Gasteiger partial charge >= 0.3 is 0 Å². The lowest BCUT2D eigenvalue weighted by Crippen LogP contribution is -2.22. The van der Waals surface area contributed by atoms with Crippen LogP contribution in [0.4, 0.5) is 0 Å². The van der Waals surface area contributed by atoms with Crippen LogP contribution in [0.1, 0.15) is 24.5 Å². The fourth-order valence-corrected chi connectivity index (χ4v) is 2.94. The second-order valence-electron chi connectivity index (χ2n) is 5.07. The van der Waals surface area contributed by atoms with Gasteiger partial charge in [-0.15, -0.1) is 0 Å². The molecule has 1 heterocycles. The Morgan fingerprint density at radius 3 is 2.90 bits per heavy atom. The van der Waals surface area contributed by atoms with Crippen LogP contribution in [-0.4, -0.2) is 13.7 Å². The monoisotopic (exact) mass is 267 g/mol. The molecule has 0 saturated carbocycles. The molecule has 0 aromatic heterocycles. The Kier molecular flexibility index (Phi) is 3.58. The smallest absolute Gasteiger partial charge is 0.125 e. The van der Waals surface area contributed by atoms with Gasteiger partial charge in [-0.1, -0.05) is 30.3 Å². The average molecular weight is 267 g/mol. The summed E-state index contributed by atoms with van der Waals surface area (Å²) < 4.78 is 11.4. The maximum Gasteiger partial charge on any atom is 0.125 e. The van der Waals surface area contributed by atoms with E-state index in [4.69, 9.17) is 9.47 Å². The zero-order chi connectivity index (χ0) is 13.9. The maximum atomic E-state index is 9.39. The van der Waals surface area contributed by atoms with Gasteiger partial charge in [0.25, 0.3) is 0 Å². The molecule has 0 amide bonds. The summed E-state index contributed by atoms with van der Waals surface area (Å²) in [4.78, 5) is 0. The van der Waals surface area contributed by atoms with Crippen LogP contribution in [0.15, 0.2) is 36.4 Å². The molecule has 2 aromatic rings. The Labute approximate surface area is 118 Å². The van der Waals surface area contributed by atoms with E-state index in [1.807, 2.05) is 24.3 Å². The average Bonchev–Trinajstić information content (AvgIpc) is 2.53. The molecule has 3 heteroatoms. The summed E-state index contributed by atoms with van der Waals surface area (Å²) in [5, 5.41) is 11.6. The van der Waals surface area contributed by atoms with Crippen LogP contribution in [0.5, 0.6) is 5.75 Å². The summed E-state index contributed by atoms with van der Waals surface area (Å²) in [5.41, 5.74) is 1.01. The molecule has 1 fully saturated rings. The van der Waals surface area contributed by atoms with E-state index in [9.17, 15) is 5.26 Å². The predicted octanol–water partition coefficient (Wildman–Crippen LogP) is 3.84. The van der Waals surface area contributed by atoms with Crippen molar-refractivity contribution in [2.75, 3.05) is 13.7 Å². The minimum absolute atomic E-state index is 0.108. The number of rotatable bonds is 2. The predicted molar refractivity (Wildman–Crippen MR) is 77.5 cm³/mol. The van der Waals surface area contributed by atoms with E-state index in [1.165, 1.54) is 0 Å². The third-order valence-corrected chi connectivity index (χ3v) is 3.92. The largest absolute Gasteiger partial charge is 0.496 e. The maximum absolute atomic E-state index is 9.39. The molecule has 0 bridgehead atoms. The number of ether oxygens (including phenoxy) is 2. The second kappa shape index (κ2) is 5.52. The fourth-order valence-electron chi connectivity index (χ4n) is 2.94. The van der Waals surface area contributed by atoms with Crippen LogP contribution in [0.25, 0.3) is 10.8 Å². The first-order chi connectivity index (χ1) is 9.85. The van der Waals surface area contributed by atoms with Gasteiger partial charge in [0.05, 0.1) is 19.1 Å². The number of fused-ring (bicyclic) bond motifs is 1. The Morgan fingerprint density at radius 1 is 1.25 bits per heavy atom. The van der Waals surface area contributed by atoms with Crippen molar-refractivity contribution < 1.29 is 9.47 Å². The van der Waals surface area contributed by atoms with Crippen molar-refractivity contribution in [3.63, 3.8) is 0 Å². The Bertz CT molecular complexity index is 660. The Hall–Kier alpha value is -2.05. The van der Waals surface area contributed by atoms with Crippen LogP contribution in [-0.2, 0) is 4.74 Å². The molecule has 1 aliphatic heterocycles. The first-order valence-electron chi connectivity index (χ1n) is 6.92. The van der Waals surface area contributed by atoms with E-state index in [0.717, 1.165) is 34.9 Å². The fraction of sp³-hybridized carbons (Fsp3) is 0.353. The second-order valence-corrected chi connectivity index (χ2v) is 5.07. The third kappa shape index (κ3) is 2.13. The standard InChI is InChI=1S/C17H17NO2/c1-19-15-9-8-12-5-2-3-7-14(12)16(15)17-13(11-18)6-4-10-20-17/h2-3,5,7-9,13,17H,4,6,10H2,1H3. The van der Waals surface area contributed by atoms with E-state index in [0.29, 0.717) is 6.61 Å².